The van der Waals surface area contributed by atoms with E-state index in [0.717, 1.165) is 0 Å². The molecule has 2 amide bonds. The number of anilines is 1. The van der Waals surface area contributed by atoms with Gasteiger partial charge < -0.3 is 20.3 Å². The third-order valence-corrected chi connectivity index (χ3v) is 2.83. The van der Waals surface area contributed by atoms with Crippen molar-refractivity contribution in [2.45, 2.75) is 20.4 Å². The second kappa shape index (κ2) is 6.08. The predicted molar refractivity (Wildman–Crippen MR) is 75.2 cm³/mol. The molecule has 3 N–H and O–H groups in total. The Morgan fingerprint density at radius 3 is 2.62 bits per heavy atom. The van der Waals surface area contributed by atoms with Crippen molar-refractivity contribution >= 4 is 17.7 Å². The highest BCUT2D eigenvalue weighted by molar-refractivity contribution is 5.92. The lowest BCUT2D eigenvalue weighted by molar-refractivity contribution is 0.0697. The molecule has 1 aromatic heterocycles. The summed E-state index contributed by atoms with van der Waals surface area (Å²) in [5.74, 6) is -0.331. The van der Waals surface area contributed by atoms with Crippen molar-refractivity contribution in [3.05, 3.63) is 46.8 Å². The number of hydrogen-bond acceptors (Lipinski definition) is 4. The standard InChI is InChI=1S/C14H15N3O4/c1-8-5-10(13(18)19)3-4-12(8)16-14(20)15-7-11-6-9(2)21-17-11/h3-6H,7H2,1-2H3,(H,18,19)(H2,15,16,20). The summed E-state index contributed by atoms with van der Waals surface area (Å²) in [6.45, 7) is 3.74. The van der Waals surface area contributed by atoms with Gasteiger partial charge >= 0.3 is 12.0 Å². The molecule has 0 atom stereocenters. The van der Waals surface area contributed by atoms with Crippen LogP contribution in [0.2, 0.25) is 0 Å². The molecular weight excluding hydrogens is 274 g/mol. The number of carboxylic acid groups (broad SMARTS) is 1. The summed E-state index contributed by atoms with van der Waals surface area (Å²) in [4.78, 5) is 22.6. The van der Waals surface area contributed by atoms with Gasteiger partial charge in [0.05, 0.1) is 12.1 Å². The van der Waals surface area contributed by atoms with Gasteiger partial charge in [0.1, 0.15) is 11.5 Å². The van der Waals surface area contributed by atoms with Crippen LogP contribution in [0.1, 0.15) is 27.4 Å². The van der Waals surface area contributed by atoms with Crippen LogP contribution in [-0.4, -0.2) is 22.3 Å². The molecule has 1 heterocycles. The van der Waals surface area contributed by atoms with Gasteiger partial charge in [-0.3, -0.25) is 0 Å². The lowest BCUT2D eigenvalue weighted by Crippen LogP contribution is -2.28. The fourth-order valence-corrected chi connectivity index (χ4v) is 1.78. The Balaban J connectivity index is 1.94. The van der Waals surface area contributed by atoms with Crippen molar-refractivity contribution in [3.8, 4) is 0 Å². The molecule has 0 fully saturated rings. The zero-order valence-corrected chi connectivity index (χ0v) is 11.6. The fraction of sp³-hybridized carbons (Fsp3) is 0.214. The number of carbonyl (C=O) groups excluding carboxylic acids is 1. The van der Waals surface area contributed by atoms with E-state index in [9.17, 15) is 9.59 Å². The highest BCUT2D eigenvalue weighted by atomic mass is 16.5. The minimum atomic E-state index is -1.00. The Morgan fingerprint density at radius 1 is 1.29 bits per heavy atom. The summed E-state index contributed by atoms with van der Waals surface area (Å²) in [6, 6.07) is 5.82. The smallest absolute Gasteiger partial charge is 0.335 e. The van der Waals surface area contributed by atoms with Gasteiger partial charge in [0.15, 0.2) is 0 Å². The van der Waals surface area contributed by atoms with Crippen molar-refractivity contribution < 1.29 is 19.2 Å². The molecule has 110 valence electrons. The Morgan fingerprint density at radius 2 is 2.05 bits per heavy atom. The van der Waals surface area contributed by atoms with Crippen LogP contribution < -0.4 is 10.6 Å². The summed E-state index contributed by atoms with van der Waals surface area (Å²) >= 11 is 0. The van der Waals surface area contributed by atoms with E-state index >= 15 is 0 Å². The van der Waals surface area contributed by atoms with E-state index in [1.807, 2.05) is 0 Å². The van der Waals surface area contributed by atoms with Gasteiger partial charge in [0, 0.05) is 11.8 Å². The van der Waals surface area contributed by atoms with Gasteiger partial charge in [-0.2, -0.15) is 0 Å². The third kappa shape index (κ3) is 3.82. The normalized spacial score (nSPS) is 10.2. The fourth-order valence-electron chi connectivity index (χ4n) is 1.78. The van der Waals surface area contributed by atoms with E-state index in [2.05, 4.69) is 15.8 Å². The molecule has 7 heteroatoms. The quantitative estimate of drug-likeness (QED) is 0.801. The number of carbonyl (C=O) groups is 2. The minimum absolute atomic E-state index is 0.177. The average molecular weight is 289 g/mol. The van der Waals surface area contributed by atoms with Crippen molar-refractivity contribution in [3.63, 3.8) is 0 Å². The van der Waals surface area contributed by atoms with E-state index < -0.39 is 12.0 Å². The van der Waals surface area contributed by atoms with Crippen LogP contribution in [0.5, 0.6) is 0 Å². The molecule has 0 radical (unpaired) electrons. The lowest BCUT2D eigenvalue weighted by atomic mass is 10.1. The zero-order valence-electron chi connectivity index (χ0n) is 11.6. The van der Waals surface area contributed by atoms with Gasteiger partial charge in [0.25, 0.3) is 0 Å². The topological polar surface area (TPSA) is 104 Å². The van der Waals surface area contributed by atoms with E-state index in [0.29, 0.717) is 22.7 Å². The van der Waals surface area contributed by atoms with Gasteiger partial charge in [-0.1, -0.05) is 5.16 Å². The van der Waals surface area contributed by atoms with Crippen LogP contribution in [0.4, 0.5) is 10.5 Å². The molecule has 2 rings (SSSR count). The molecule has 0 aliphatic carbocycles. The van der Waals surface area contributed by atoms with Crippen LogP contribution in [0.3, 0.4) is 0 Å². The number of aromatic carboxylic acids is 1. The Hall–Kier alpha value is -2.83. The number of nitrogens with one attached hydrogen (secondary N) is 2. The van der Waals surface area contributed by atoms with Crippen LogP contribution >= 0.6 is 0 Å². The lowest BCUT2D eigenvalue weighted by Gasteiger charge is -2.09. The van der Waals surface area contributed by atoms with E-state index in [1.54, 1.807) is 26.0 Å². The zero-order chi connectivity index (χ0) is 15.4. The van der Waals surface area contributed by atoms with Gasteiger partial charge in [-0.15, -0.1) is 0 Å². The summed E-state index contributed by atoms with van der Waals surface area (Å²) in [5.41, 5.74) is 2.02. The van der Waals surface area contributed by atoms with Crippen LogP contribution in [0.15, 0.2) is 28.8 Å². The summed E-state index contributed by atoms with van der Waals surface area (Å²) in [6.07, 6.45) is 0. The van der Waals surface area contributed by atoms with Gasteiger partial charge in [-0.05, 0) is 37.6 Å². The van der Waals surface area contributed by atoms with Crippen LogP contribution in [0.25, 0.3) is 0 Å². The first-order chi connectivity index (χ1) is 9.95. The van der Waals surface area contributed by atoms with Crippen molar-refractivity contribution in [2.24, 2.45) is 0 Å². The SMILES string of the molecule is Cc1cc(CNC(=O)Nc2ccc(C(=O)O)cc2C)no1. The maximum Gasteiger partial charge on any atom is 0.335 e. The number of benzene rings is 1. The van der Waals surface area contributed by atoms with Crippen molar-refractivity contribution in [2.75, 3.05) is 5.32 Å². The molecule has 0 aliphatic heterocycles. The second-order valence-corrected chi connectivity index (χ2v) is 4.57. The number of carboxylic acids is 1. The van der Waals surface area contributed by atoms with Crippen molar-refractivity contribution in [1.29, 1.82) is 0 Å². The predicted octanol–water partition coefficient (Wildman–Crippen LogP) is 2.31. The summed E-state index contributed by atoms with van der Waals surface area (Å²) < 4.78 is 4.89. The third-order valence-electron chi connectivity index (χ3n) is 2.83. The molecule has 0 unspecified atom stereocenters. The first-order valence-electron chi connectivity index (χ1n) is 6.26. The number of nitrogens with zero attached hydrogens (tertiary/aromatic N) is 1. The van der Waals surface area contributed by atoms with E-state index in [-0.39, 0.29) is 12.1 Å². The molecule has 0 spiro atoms. The number of aryl methyl sites for hydroxylation is 2. The molecule has 2 aromatic rings. The monoisotopic (exact) mass is 289 g/mol. The Bertz CT molecular complexity index is 679. The maximum absolute atomic E-state index is 11.8. The van der Waals surface area contributed by atoms with Crippen LogP contribution in [0, 0.1) is 13.8 Å². The average Bonchev–Trinajstić information content (AvgIpc) is 2.84. The first kappa shape index (κ1) is 14.6. The molecular formula is C14H15N3O4. The van der Waals surface area contributed by atoms with Crippen molar-refractivity contribution in [1.82, 2.24) is 10.5 Å². The van der Waals surface area contributed by atoms with E-state index in [4.69, 9.17) is 9.63 Å². The van der Waals surface area contributed by atoms with Gasteiger partial charge in [-0.25, -0.2) is 9.59 Å². The van der Waals surface area contributed by atoms with E-state index in [1.165, 1.54) is 12.1 Å². The number of hydrogen-bond donors (Lipinski definition) is 3. The summed E-state index contributed by atoms with van der Waals surface area (Å²) in [5, 5.41) is 17.9. The molecule has 0 aliphatic rings. The van der Waals surface area contributed by atoms with Crippen LogP contribution in [-0.2, 0) is 6.54 Å². The molecule has 1 aromatic carbocycles. The molecule has 0 saturated heterocycles. The highest BCUT2D eigenvalue weighted by Gasteiger charge is 2.09. The molecule has 0 bridgehead atoms. The maximum atomic E-state index is 11.8. The number of aromatic nitrogens is 1. The highest BCUT2D eigenvalue weighted by Crippen LogP contribution is 2.16. The molecule has 0 saturated carbocycles. The number of rotatable bonds is 4. The number of amides is 2. The largest absolute Gasteiger partial charge is 0.478 e. The molecule has 21 heavy (non-hydrogen) atoms. The van der Waals surface area contributed by atoms with Gasteiger partial charge in [0.2, 0.25) is 0 Å². The minimum Gasteiger partial charge on any atom is -0.478 e. The molecule has 7 nitrogen and oxygen atoms in total. The Labute approximate surface area is 120 Å². The summed E-state index contributed by atoms with van der Waals surface area (Å²) in [7, 11) is 0. The Kier molecular flexibility index (Phi) is 4.22. The number of urea groups is 1. The first-order valence-corrected chi connectivity index (χ1v) is 6.26. The second-order valence-electron chi connectivity index (χ2n) is 4.57.